The Bertz CT molecular complexity index is 889. The van der Waals surface area contributed by atoms with Crippen molar-refractivity contribution in [3.63, 3.8) is 0 Å². The van der Waals surface area contributed by atoms with Crippen LogP contribution in [0.1, 0.15) is 310 Å². The topological polar surface area (TPSA) is 78.9 Å². The van der Waals surface area contributed by atoms with E-state index in [2.05, 4.69) is 20.8 Å². The number of hydrogen-bond donors (Lipinski definition) is 0. The lowest BCUT2D eigenvalue weighted by atomic mass is 10.0. The first-order chi connectivity index (χ1) is 29.5. The van der Waals surface area contributed by atoms with E-state index in [-0.39, 0.29) is 31.1 Å². The number of rotatable bonds is 50. The van der Waals surface area contributed by atoms with Crippen molar-refractivity contribution < 1.29 is 28.6 Å². The van der Waals surface area contributed by atoms with Gasteiger partial charge in [-0.3, -0.25) is 14.4 Å². The minimum Gasteiger partial charge on any atom is -0.462 e. The molecule has 0 aromatic rings. The van der Waals surface area contributed by atoms with Crippen LogP contribution in [0.4, 0.5) is 0 Å². The van der Waals surface area contributed by atoms with E-state index >= 15 is 0 Å². The molecule has 6 nitrogen and oxygen atoms in total. The molecular weight excluding hydrogens is 745 g/mol. The second-order valence-corrected chi connectivity index (χ2v) is 18.5. The van der Waals surface area contributed by atoms with Gasteiger partial charge in [0, 0.05) is 19.3 Å². The summed E-state index contributed by atoms with van der Waals surface area (Å²) in [6.07, 6.45) is 53.7. The van der Waals surface area contributed by atoms with Gasteiger partial charge < -0.3 is 14.2 Å². The molecule has 356 valence electrons. The predicted octanol–water partition coefficient (Wildman–Crippen LogP) is 17.6. The molecule has 0 fully saturated rings. The van der Waals surface area contributed by atoms with Crippen LogP contribution >= 0.6 is 0 Å². The van der Waals surface area contributed by atoms with E-state index < -0.39 is 6.10 Å². The Kier molecular flexibility index (Phi) is 48.7. The highest BCUT2D eigenvalue weighted by molar-refractivity contribution is 5.71. The molecular formula is C54H104O6. The molecule has 60 heavy (non-hydrogen) atoms. The molecule has 0 spiro atoms. The lowest BCUT2D eigenvalue weighted by molar-refractivity contribution is -0.167. The second-order valence-electron chi connectivity index (χ2n) is 18.5. The van der Waals surface area contributed by atoms with Gasteiger partial charge in [0.2, 0.25) is 0 Å². The third-order valence-electron chi connectivity index (χ3n) is 12.4. The SMILES string of the molecule is CCCCCCCCCCCCCCCCCCCC(=O)O[C@@H](COC(=O)CCCCCCCCCCCCCC)COC(=O)CCCCCCCCCCCCCCC. The van der Waals surface area contributed by atoms with Gasteiger partial charge in [0.15, 0.2) is 6.10 Å². The molecule has 0 aromatic heterocycles. The fourth-order valence-electron chi connectivity index (χ4n) is 8.27. The molecule has 0 bridgehead atoms. The first-order valence-corrected chi connectivity index (χ1v) is 27.0. The van der Waals surface area contributed by atoms with Gasteiger partial charge in [0.1, 0.15) is 13.2 Å². The van der Waals surface area contributed by atoms with E-state index in [4.69, 9.17) is 14.2 Å². The summed E-state index contributed by atoms with van der Waals surface area (Å²) >= 11 is 0. The predicted molar refractivity (Wildman–Crippen MR) is 257 cm³/mol. The van der Waals surface area contributed by atoms with E-state index in [0.29, 0.717) is 19.3 Å². The van der Waals surface area contributed by atoms with E-state index in [0.717, 1.165) is 57.8 Å². The smallest absolute Gasteiger partial charge is 0.306 e. The highest BCUT2D eigenvalue weighted by atomic mass is 16.6. The maximum Gasteiger partial charge on any atom is 0.306 e. The van der Waals surface area contributed by atoms with Crippen molar-refractivity contribution in [1.82, 2.24) is 0 Å². The zero-order valence-corrected chi connectivity index (χ0v) is 40.8. The van der Waals surface area contributed by atoms with E-state index in [1.54, 1.807) is 0 Å². The van der Waals surface area contributed by atoms with Gasteiger partial charge in [-0.25, -0.2) is 0 Å². The number of carbonyl (C=O) groups excluding carboxylic acids is 3. The van der Waals surface area contributed by atoms with Crippen LogP contribution in [0, 0.1) is 0 Å². The van der Waals surface area contributed by atoms with Gasteiger partial charge in [0.05, 0.1) is 0 Å². The van der Waals surface area contributed by atoms with E-state index in [1.165, 1.54) is 212 Å². The van der Waals surface area contributed by atoms with Crippen molar-refractivity contribution in [1.29, 1.82) is 0 Å². The van der Waals surface area contributed by atoms with Gasteiger partial charge in [-0.05, 0) is 19.3 Å². The van der Waals surface area contributed by atoms with Crippen LogP contribution in [0.5, 0.6) is 0 Å². The lowest BCUT2D eigenvalue weighted by Gasteiger charge is -2.18. The van der Waals surface area contributed by atoms with Crippen LogP contribution in [0.25, 0.3) is 0 Å². The fraction of sp³-hybridized carbons (Fsp3) is 0.944. The van der Waals surface area contributed by atoms with Crippen LogP contribution in [0.3, 0.4) is 0 Å². The third kappa shape index (κ3) is 47.5. The molecule has 0 saturated carbocycles. The van der Waals surface area contributed by atoms with Crippen molar-refractivity contribution in [3.05, 3.63) is 0 Å². The van der Waals surface area contributed by atoms with Gasteiger partial charge in [-0.1, -0.05) is 271 Å². The van der Waals surface area contributed by atoms with Crippen LogP contribution in [-0.2, 0) is 28.6 Å². The van der Waals surface area contributed by atoms with Crippen LogP contribution in [0.15, 0.2) is 0 Å². The zero-order valence-electron chi connectivity index (χ0n) is 40.8. The Labute approximate surface area is 374 Å². The molecule has 0 aliphatic heterocycles. The average Bonchev–Trinajstić information content (AvgIpc) is 3.24. The minimum atomic E-state index is -0.759. The first-order valence-electron chi connectivity index (χ1n) is 27.0. The Morgan fingerprint density at radius 1 is 0.267 bits per heavy atom. The Balaban J connectivity index is 4.29. The van der Waals surface area contributed by atoms with Crippen molar-refractivity contribution in [2.45, 2.75) is 316 Å². The molecule has 0 radical (unpaired) electrons. The Morgan fingerprint density at radius 2 is 0.450 bits per heavy atom. The number of unbranched alkanes of at least 4 members (excludes halogenated alkanes) is 39. The molecule has 1 atom stereocenters. The summed E-state index contributed by atoms with van der Waals surface area (Å²) in [4.78, 5) is 38.0. The Hall–Kier alpha value is -1.59. The molecule has 0 aliphatic rings. The fourth-order valence-corrected chi connectivity index (χ4v) is 8.27. The van der Waals surface area contributed by atoms with Crippen LogP contribution < -0.4 is 0 Å². The maximum atomic E-state index is 12.8. The second kappa shape index (κ2) is 50.1. The standard InChI is InChI=1S/C54H104O6/c1-4-7-10-13-16-19-22-25-26-27-28-30-33-36-39-42-45-48-54(57)60-51(49-58-52(55)46-43-40-37-34-31-24-21-18-15-12-9-6-3)50-59-53(56)47-44-41-38-35-32-29-23-20-17-14-11-8-5-2/h51H,4-50H2,1-3H3/t51-/m0/s1. The number of ether oxygens (including phenoxy) is 3. The highest BCUT2D eigenvalue weighted by Gasteiger charge is 2.19. The molecule has 0 rings (SSSR count). The first kappa shape index (κ1) is 58.4. The molecule has 6 heteroatoms. The van der Waals surface area contributed by atoms with Crippen molar-refractivity contribution in [2.75, 3.05) is 13.2 Å². The molecule has 0 heterocycles. The number of hydrogen-bond acceptors (Lipinski definition) is 6. The summed E-state index contributed by atoms with van der Waals surface area (Å²) in [5.41, 5.74) is 0. The largest absolute Gasteiger partial charge is 0.462 e. The number of esters is 3. The quantitative estimate of drug-likeness (QED) is 0.0345. The van der Waals surface area contributed by atoms with E-state index in [9.17, 15) is 14.4 Å². The molecule has 0 saturated heterocycles. The van der Waals surface area contributed by atoms with Crippen molar-refractivity contribution >= 4 is 17.9 Å². The monoisotopic (exact) mass is 849 g/mol. The summed E-state index contributed by atoms with van der Waals surface area (Å²) in [6.45, 7) is 6.69. The summed E-state index contributed by atoms with van der Waals surface area (Å²) in [7, 11) is 0. The van der Waals surface area contributed by atoms with Gasteiger partial charge in [-0.2, -0.15) is 0 Å². The lowest BCUT2D eigenvalue weighted by Crippen LogP contribution is -2.30. The molecule has 0 aromatic carbocycles. The molecule has 0 N–H and O–H groups in total. The summed E-state index contributed by atoms with van der Waals surface area (Å²) in [6, 6.07) is 0. The minimum absolute atomic E-state index is 0.0616. The van der Waals surface area contributed by atoms with Gasteiger partial charge in [-0.15, -0.1) is 0 Å². The summed E-state index contributed by atoms with van der Waals surface area (Å²) in [5, 5.41) is 0. The van der Waals surface area contributed by atoms with E-state index in [1.807, 2.05) is 0 Å². The van der Waals surface area contributed by atoms with Gasteiger partial charge in [0.25, 0.3) is 0 Å². The van der Waals surface area contributed by atoms with Crippen molar-refractivity contribution in [2.24, 2.45) is 0 Å². The number of carbonyl (C=O) groups is 3. The van der Waals surface area contributed by atoms with Crippen LogP contribution in [0.2, 0.25) is 0 Å². The maximum absolute atomic E-state index is 12.8. The summed E-state index contributed by atoms with van der Waals surface area (Å²) < 4.78 is 16.8. The van der Waals surface area contributed by atoms with Crippen molar-refractivity contribution in [3.8, 4) is 0 Å². The van der Waals surface area contributed by atoms with Crippen LogP contribution in [-0.4, -0.2) is 37.2 Å². The summed E-state index contributed by atoms with van der Waals surface area (Å²) in [5.74, 6) is -0.838. The molecule has 0 aliphatic carbocycles. The third-order valence-corrected chi connectivity index (χ3v) is 12.4. The average molecular weight is 849 g/mol. The zero-order chi connectivity index (χ0) is 43.7. The highest BCUT2D eigenvalue weighted by Crippen LogP contribution is 2.17. The normalized spacial score (nSPS) is 11.8. The van der Waals surface area contributed by atoms with Gasteiger partial charge >= 0.3 is 17.9 Å². The molecule has 0 amide bonds. The molecule has 0 unspecified atom stereocenters. The Morgan fingerprint density at radius 3 is 0.667 bits per heavy atom.